The minimum Gasteiger partial charge on any atom is -0.378 e. The van der Waals surface area contributed by atoms with Crippen LogP contribution in [0.5, 0.6) is 0 Å². The Morgan fingerprint density at radius 1 is 1.43 bits per heavy atom. The van der Waals surface area contributed by atoms with E-state index in [-0.39, 0.29) is 0 Å². The summed E-state index contributed by atoms with van der Waals surface area (Å²) in [4.78, 5) is 5.01. The summed E-state index contributed by atoms with van der Waals surface area (Å²) in [5.41, 5.74) is 3.87. The van der Waals surface area contributed by atoms with Gasteiger partial charge in [0.15, 0.2) is 5.69 Å². The molecule has 0 amide bonds. The quantitative estimate of drug-likeness (QED) is 0.642. The molecule has 0 bridgehead atoms. The molecular formula is C10H16BrN2O+. The molecule has 0 radical (unpaired) electrons. The fraction of sp³-hybridized carbons (Fsp3) is 0.400. The first kappa shape index (κ1) is 11.5. The summed E-state index contributed by atoms with van der Waals surface area (Å²) in [5, 5.41) is 3.36. The number of quaternary nitrogens is 1. The average molecular weight is 260 g/mol. The second-order valence-electron chi connectivity index (χ2n) is 3.38. The Bertz CT molecular complexity index is 302. The predicted octanol–water partition coefficient (Wildman–Crippen LogP) is 2.03. The van der Waals surface area contributed by atoms with Gasteiger partial charge < -0.3 is 5.32 Å². The molecule has 0 aliphatic heterocycles. The maximum atomic E-state index is 5.01. The van der Waals surface area contributed by atoms with Crippen LogP contribution in [0.1, 0.15) is 13.8 Å². The summed E-state index contributed by atoms with van der Waals surface area (Å²) in [7, 11) is 1.65. The van der Waals surface area contributed by atoms with Crippen LogP contribution < -0.4 is 10.8 Å². The van der Waals surface area contributed by atoms with Crippen LogP contribution in [0, 0.1) is 0 Å². The lowest BCUT2D eigenvalue weighted by atomic mass is 10.2. The molecule has 0 saturated carbocycles. The largest absolute Gasteiger partial charge is 0.378 e. The van der Waals surface area contributed by atoms with Gasteiger partial charge >= 0.3 is 0 Å². The van der Waals surface area contributed by atoms with Crippen LogP contribution >= 0.6 is 15.9 Å². The number of nitrogens with two attached hydrogens (primary N) is 1. The van der Waals surface area contributed by atoms with Crippen LogP contribution in [-0.2, 0) is 4.84 Å². The van der Waals surface area contributed by atoms with Crippen molar-refractivity contribution in [3.05, 3.63) is 22.7 Å². The lowest BCUT2D eigenvalue weighted by molar-refractivity contribution is -0.829. The zero-order valence-corrected chi connectivity index (χ0v) is 10.3. The van der Waals surface area contributed by atoms with E-state index >= 15 is 0 Å². The van der Waals surface area contributed by atoms with Gasteiger partial charge in [0.25, 0.3) is 0 Å². The van der Waals surface area contributed by atoms with E-state index in [9.17, 15) is 0 Å². The van der Waals surface area contributed by atoms with Crippen molar-refractivity contribution >= 4 is 27.3 Å². The van der Waals surface area contributed by atoms with Crippen molar-refractivity contribution in [3.8, 4) is 0 Å². The van der Waals surface area contributed by atoms with Crippen molar-refractivity contribution in [1.29, 1.82) is 0 Å². The normalized spacial score (nSPS) is 10.6. The fourth-order valence-corrected chi connectivity index (χ4v) is 1.56. The molecule has 3 nitrogen and oxygen atoms in total. The highest BCUT2D eigenvalue weighted by atomic mass is 79.9. The topological polar surface area (TPSA) is 37.9 Å². The van der Waals surface area contributed by atoms with E-state index in [4.69, 9.17) is 4.84 Å². The standard InChI is InChI=1S/C10H15BrN2O/c1-7(2)12-10-6-8(11)4-5-9(10)13-14-3/h4-7,12-13H,1-3H3/p+1. The molecule has 3 N–H and O–H groups in total. The van der Waals surface area contributed by atoms with Crippen LogP contribution in [0.15, 0.2) is 22.7 Å². The van der Waals surface area contributed by atoms with E-state index in [1.807, 2.05) is 18.2 Å². The third-order valence-electron chi connectivity index (χ3n) is 1.70. The van der Waals surface area contributed by atoms with E-state index in [1.54, 1.807) is 12.6 Å². The number of nitrogens with one attached hydrogen (secondary N) is 1. The average Bonchev–Trinajstić information content (AvgIpc) is 2.09. The Hall–Kier alpha value is -0.580. The first-order valence-corrected chi connectivity index (χ1v) is 5.35. The minimum absolute atomic E-state index is 0.410. The highest BCUT2D eigenvalue weighted by Gasteiger charge is 2.07. The molecule has 0 aliphatic carbocycles. The van der Waals surface area contributed by atoms with Crippen LogP contribution in [-0.4, -0.2) is 13.2 Å². The van der Waals surface area contributed by atoms with Crippen molar-refractivity contribution < 1.29 is 10.3 Å². The molecule has 0 aromatic heterocycles. The first-order chi connectivity index (χ1) is 6.63. The molecule has 0 atom stereocenters. The van der Waals surface area contributed by atoms with Crippen LogP contribution in [0.25, 0.3) is 0 Å². The molecular weight excluding hydrogens is 244 g/mol. The van der Waals surface area contributed by atoms with E-state index in [2.05, 4.69) is 35.1 Å². The highest BCUT2D eigenvalue weighted by molar-refractivity contribution is 9.10. The van der Waals surface area contributed by atoms with Gasteiger partial charge in [0.05, 0.1) is 7.11 Å². The zero-order chi connectivity index (χ0) is 10.6. The van der Waals surface area contributed by atoms with Crippen LogP contribution in [0.2, 0.25) is 0 Å². The molecule has 1 aromatic carbocycles. The molecule has 0 unspecified atom stereocenters. The van der Waals surface area contributed by atoms with Crippen LogP contribution in [0.4, 0.5) is 11.4 Å². The van der Waals surface area contributed by atoms with E-state index in [0.717, 1.165) is 15.8 Å². The van der Waals surface area contributed by atoms with Crippen molar-refractivity contribution in [1.82, 2.24) is 0 Å². The van der Waals surface area contributed by atoms with Gasteiger partial charge in [0, 0.05) is 16.6 Å². The van der Waals surface area contributed by atoms with Gasteiger partial charge in [-0.15, -0.1) is 0 Å². The smallest absolute Gasteiger partial charge is 0.185 e. The molecule has 1 rings (SSSR count). The van der Waals surface area contributed by atoms with Crippen molar-refractivity contribution in [2.75, 3.05) is 12.4 Å². The van der Waals surface area contributed by atoms with Gasteiger partial charge in [-0.05, 0) is 26.0 Å². The number of benzene rings is 1. The molecule has 0 saturated heterocycles. The maximum Gasteiger partial charge on any atom is 0.185 e. The van der Waals surface area contributed by atoms with E-state index in [0.29, 0.717) is 6.04 Å². The summed E-state index contributed by atoms with van der Waals surface area (Å²) in [6.45, 7) is 4.22. The maximum absolute atomic E-state index is 5.01. The summed E-state index contributed by atoms with van der Waals surface area (Å²) in [6.07, 6.45) is 0. The minimum atomic E-state index is 0.410. The number of halogens is 1. The van der Waals surface area contributed by atoms with Crippen molar-refractivity contribution in [3.63, 3.8) is 0 Å². The number of anilines is 1. The Kier molecular flexibility index (Phi) is 4.38. The fourth-order valence-electron chi connectivity index (χ4n) is 1.19. The Labute approximate surface area is 92.9 Å². The Morgan fingerprint density at radius 3 is 2.71 bits per heavy atom. The molecule has 4 heteroatoms. The lowest BCUT2D eigenvalue weighted by Crippen LogP contribution is -2.76. The SMILES string of the molecule is CO[NH2+]c1ccc(Br)cc1NC(C)C. The van der Waals surface area contributed by atoms with Gasteiger partial charge in [-0.3, -0.25) is 0 Å². The van der Waals surface area contributed by atoms with Crippen molar-refractivity contribution in [2.45, 2.75) is 19.9 Å². The van der Waals surface area contributed by atoms with Gasteiger partial charge in [-0.25, -0.2) is 4.84 Å². The summed E-state index contributed by atoms with van der Waals surface area (Å²) in [5.74, 6) is 0. The van der Waals surface area contributed by atoms with Gasteiger partial charge in [0.1, 0.15) is 5.69 Å². The molecule has 0 aliphatic rings. The second kappa shape index (κ2) is 5.34. The molecule has 14 heavy (non-hydrogen) atoms. The third kappa shape index (κ3) is 3.29. The van der Waals surface area contributed by atoms with Gasteiger partial charge in [0.2, 0.25) is 0 Å². The third-order valence-corrected chi connectivity index (χ3v) is 2.20. The molecule has 78 valence electrons. The van der Waals surface area contributed by atoms with Crippen LogP contribution in [0.3, 0.4) is 0 Å². The van der Waals surface area contributed by atoms with E-state index in [1.165, 1.54) is 0 Å². The van der Waals surface area contributed by atoms with E-state index < -0.39 is 0 Å². The van der Waals surface area contributed by atoms with Gasteiger partial charge in [-0.2, -0.15) is 5.48 Å². The lowest BCUT2D eigenvalue weighted by Gasteiger charge is -2.12. The number of rotatable bonds is 4. The summed E-state index contributed by atoms with van der Waals surface area (Å²) < 4.78 is 1.06. The second-order valence-corrected chi connectivity index (χ2v) is 4.30. The zero-order valence-electron chi connectivity index (χ0n) is 8.67. The highest BCUT2D eigenvalue weighted by Crippen LogP contribution is 2.23. The summed E-state index contributed by atoms with van der Waals surface area (Å²) in [6, 6.07) is 6.47. The number of hydrogen-bond donors (Lipinski definition) is 2. The molecule has 0 fully saturated rings. The van der Waals surface area contributed by atoms with Crippen molar-refractivity contribution in [2.24, 2.45) is 0 Å². The Morgan fingerprint density at radius 2 is 2.14 bits per heavy atom. The number of hydrogen-bond acceptors (Lipinski definition) is 2. The molecule has 0 spiro atoms. The monoisotopic (exact) mass is 259 g/mol. The summed E-state index contributed by atoms with van der Waals surface area (Å²) >= 11 is 3.44. The molecule has 0 heterocycles. The predicted molar refractivity (Wildman–Crippen MR) is 61.5 cm³/mol. The molecule has 1 aromatic rings. The first-order valence-electron chi connectivity index (χ1n) is 4.55. The van der Waals surface area contributed by atoms with Gasteiger partial charge in [-0.1, -0.05) is 15.9 Å². The Balaban J connectivity index is 2.90.